The molecule has 0 saturated carbocycles. The lowest BCUT2D eigenvalue weighted by atomic mass is 10.1. The standard InChI is InChI=1S/C25H19ClO6/c1-29-19-11-8-15(12-21(19)30-2)13-22-24(27)18-10-9-17(14-20(18)32-22)31-25(28)23(26)16-6-4-3-5-7-16/h3-14,23H,1-2H3/b22-13-. The van der Waals surface area contributed by atoms with Gasteiger partial charge in [0.25, 0.3) is 0 Å². The maximum absolute atomic E-state index is 12.7. The number of Topliss-reactive ketones (excluding diaryl/α,β-unsaturated/α-hetero) is 1. The second-order valence-electron chi connectivity index (χ2n) is 6.91. The summed E-state index contributed by atoms with van der Waals surface area (Å²) < 4.78 is 21.6. The van der Waals surface area contributed by atoms with Crippen molar-refractivity contribution in [2.45, 2.75) is 5.38 Å². The minimum atomic E-state index is -0.951. The lowest BCUT2D eigenvalue weighted by Crippen LogP contribution is -2.14. The monoisotopic (exact) mass is 450 g/mol. The first-order valence-electron chi connectivity index (χ1n) is 9.71. The quantitative estimate of drug-likeness (QED) is 0.222. The minimum Gasteiger partial charge on any atom is -0.493 e. The number of ketones is 1. The predicted octanol–water partition coefficient (Wildman–Crippen LogP) is 5.21. The maximum atomic E-state index is 12.7. The van der Waals surface area contributed by atoms with Crippen LogP contribution in [0.25, 0.3) is 6.08 Å². The van der Waals surface area contributed by atoms with Gasteiger partial charge in [-0.2, -0.15) is 0 Å². The van der Waals surface area contributed by atoms with Crippen molar-refractivity contribution in [2.75, 3.05) is 14.2 Å². The molecule has 3 aromatic rings. The number of hydrogen-bond acceptors (Lipinski definition) is 6. The first kappa shape index (κ1) is 21.5. The number of fused-ring (bicyclic) bond motifs is 1. The zero-order valence-corrected chi connectivity index (χ0v) is 18.1. The lowest BCUT2D eigenvalue weighted by Gasteiger charge is -2.10. The summed E-state index contributed by atoms with van der Waals surface area (Å²) in [6, 6.07) is 18.8. The molecular formula is C25H19ClO6. The van der Waals surface area contributed by atoms with Gasteiger partial charge in [-0.05, 0) is 41.5 Å². The third-order valence-electron chi connectivity index (χ3n) is 4.86. The molecule has 162 valence electrons. The van der Waals surface area contributed by atoms with E-state index in [0.717, 1.165) is 0 Å². The summed E-state index contributed by atoms with van der Waals surface area (Å²) in [4.78, 5) is 25.1. The summed E-state index contributed by atoms with van der Waals surface area (Å²) in [5.41, 5.74) is 1.72. The van der Waals surface area contributed by atoms with Crippen molar-refractivity contribution in [3.63, 3.8) is 0 Å². The van der Waals surface area contributed by atoms with Crippen molar-refractivity contribution < 1.29 is 28.5 Å². The van der Waals surface area contributed by atoms with E-state index in [1.165, 1.54) is 19.2 Å². The molecule has 1 heterocycles. The minimum absolute atomic E-state index is 0.148. The third kappa shape index (κ3) is 4.31. The SMILES string of the molecule is COc1ccc(/C=C2\Oc3cc(OC(=O)C(Cl)c4ccccc4)ccc3C2=O)cc1OC. The normalized spacial score (nSPS) is 14.5. The fraction of sp³-hybridized carbons (Fsp3) is 0.120. The molecule has 3 aromatic carbocycles. The molecule has 0 bridgehead atoms. The molecule has 4 rings (SSSR count). The molecule has 0 aromatic heterocycles. The van der Waals surface area contributed by atoms with Gasteiger partial charge in [0.15, 0.2) is 22.6 Å². The molecule has 1 aliphatic heterocycles. The fourth-order valence-electron chi connectivity index (χ4n) is 3.25. The van der Waals surface area contributed by atoms with Gasteiger partial charge in [-0.15, -0.1) is 11.6 Å². The number of allylic oxidation sites excluding steroid dienone is 1. The van der Waals surface area contributed by atoms with Crippen molar-refractivity contribution in [1.82, 2.24) is 0 Å². The Kier molecular flexibility index (Phi) is 6.14. The van der Waals surface area contributed by atoms with Crippen LogP contribution in [-0.4, -0.2) is 26.0 Å². The highest BCUT2D eigenvalue weighted by Crippen LogP contribution is 2.36. The smallest absolute Gasteiger partial charge is 0.334 e. The zero-order valence-electron chi connectivity index (χ0n) is 17.3. The van der Waals surface area contributed by atoms with E-state index in [-0.39, 0.29) is 17.3 Å². The molecule has 0 radical (unpaired) electrons. The largest absolute Gasteiger partial charge is 0.493 e. The van der Waals surface area contributed by atoms with Crippen LogP contribution in [0.15, 0.2) is 72.5 Å². The number of methoxy groups -OCH3 is 2. The van der Waals surface area contributed by atoms with Gasteiger partial charge in [-0.3, -0.25) is 4.79 Å². The van der Waals surface area contributed by atoms with E-state index < -0.39 is 11.3 Å². The Morgan fingerprint density at radius 2 is 1.72 bits per heavy atom. The highest BCUT2D eigenvalue weighted by Gasteiger charge is 2.29. The number of carbonyl (C=O) groups excluding carboxylic acids is 2. The Morgan fingerprint density at radius 3 is 2.44 bits per heavy atom. The van der Waals surface area contributed by atoms with Gasteiger partial charge in [0.1, 0.15) is 11.5 Å². The van der Waals surface area contributed by atoms with Crippen LogP contribution in [0, 0.1) is 0 Å². The molecule has 32 heavy (non-hydrogen) atoms. The average Bonchev–Trinajstić information content (AvgIpc) is 3.13. The van der Waals surface area contributed by atoms with Crippen molar-refractivity contribution in [3.05, 3.63) is 89.2 Å². The van der Waals surface area contributed by atoms with Gasteiger partial charge in [-0.1, -0.05) is 36.4 Å². The lowest BCUT2D eigenvalue weighted by molar-refractivity contribution is -0.134. The molecule has 0 amide bonds. The number of esters is 1. The molecule has 0 N–H and O–H groups in total. The summed E-state index contributed by atoms with van der Waals surface area (Å²) in [5, 5.41) is -0.951. The van der Waals surface area contributed by atoms with Crippen LogP contribution in [0.1, 0.15) is 26.9 Å². The predicted molar refractivity (Wildman–Crippen MR) is 120 cm³/mol. The van der Waals surface area contributed by atoms with Crippen LogP contribution in [0.4, 0.5) is 0 Å². The van der Waals surface area contributed by atoms with Crippen LogP contribution >= 0.6 is 11.6 Å². The number of alkyl halides is 1. The van der Waals surface area contributed by atoms with Gasteiger partial charge in [0, 0.05) is 6.07 Å². The van der Waals surface area contributed by atoms with Crippen LogP contribution < -0.4 is 18.9 Å². The fourth-order valence-corrected chi connectivity index (χ4v) is 3.44. The maximum Gasteiger partial charge on any atom is 0.334 e. The first-order valence-corrected chi connectivity index (χ1v) is 10.1. The number of ether oxygens (including phenoxy) is 4. The van der Waals surface area contributed by atoms with E-state index in [1.54, 1.807) is 61.7 Å². The number of hydrogen-bond donors (Lipinski definition) is 0. The molecule has 1 aliphatic rings. The summed E-state index contributed by atoms with van der Waals surface area (Å²) in [7, 11) is 3.08. The number of benzene rings is 3. The molecule has 0 saturated heterocycles. The molecule has 1 atom stereocenters. The van der Waals surface area contributed by atoms with Crippen molar-refractivity contribution in [2.24, 2.45) is 0 Å². The highest BCUT2D eigenvalue weighted by atomic mass is 35.5. The summed E-state index contributed by atoms with van der Waals surface area (Å²) >= 11 is 6.22. The Labute approximate surface area is 189 Å². The van der Waals surface area contributed by atoms with Crippen molar-refractivity contribution >= 4 is 29.4 Å². The second kappa shape index (κ2) is 9.16. The molecule has 1 unspecified atom stereocenters. The van der Waals surface area contributed by atoms with Crippen molar-refractivity contribution in [1.29, 1.82) is 0 Å². The summed E-state index contributed by atoms with van der Waals surface area (Å²) in [6.07, 6.45) is 1.61. The van der Waals surface area contributed by atoms with Gasteiger partial charge in [0.05, 0.1) is 19.8 Å². The average molecular weight is 451 g/mol. The molecule has 7 heteroatoms. The van der Waals surface area contributed by atoms with E-state index in [9.17, 15) is 9.59 Å². The first-order chi connectivity index (χ1) is 15.5. The summed E-state index contributed by atoms with van der Waals surface area (Å²) in [5.74, 6) is 0.906. The van der Waals surface area contributed by atoms with Crippen LogP contribution in [0.5, 0.6) is 23.0 Å². The number of carbonyl (C=O) groups is 2. The Morgan fingerprint density at radius 1 is 0.969 bits per heavy atom. The van der Waals surface area contributed by atoms with E-state index in [0.29, 0.717) is 33.9 Å². The van der Waals surface area contributed by atoms with Gasteiger partial charge >= 0.3 is 5.97 Å². The third-order valence-corrected chi connectivity index (χ3v) is 5.29. The molecule has 0 aliphatic carbocycles. The topological polar surface area (TPSA) is 71.1 Å². The number of rotatable bonds is 6. The van der Waals surface area contributed by atoms with E-state index in [1.807, 2.05) is 6.07 Å². The van der Waals surface area contributed by atoms with Gasteiger partial charge < -0.3 is 18.9 Å². The van der Waals surface area contributed by atoms with E-state index in [4.69, 9.17) is 30.5 Å². The molecule has 0 spiro atoms. The van der Waals surface area contributed by atoms with Crippen LogP contribution in [-0.2, 0) is 4.79 Å². The van der Waals surface area contributed by atoms with Crippen LogP contribution in [0.2, 0.25) is 0 Å². The van der Waals surface area contributed by atoms with E-state index in [2.05, 4.69) is 0 Å². The van der Waals surface area contributed by atoms with Crippen molar-refractivity contribution in [3.8, 4) is 23.0 Å². The molecule has 0 fully saturated rings. The second-order valence-corrected chi connectivity index (χ2v) is 7.34. The Bertz CT molecular complexity index is 1200. The van der Waals surface area contributed by atoms with E-state index >= 15 is 0 Å². The van der Waals surface area contributed by atoms with Gasteiger partial charge in [-0.25, -0.2) is 4.79 Å². The molecular weight excluding hydrogens is 432 g/mol. The summed E-state index contributed by atoms with van der Waals surface area (Å²) in [6.45, 7) is 0. The Balaban J connectivity index is 1.52. The highest BCUT2D eigenvalue weighted by molar-refractivity contribution is 6.30. The molecule has 6 nitrogen and oxygen atoms in total. The Hall–Kier alpha value is -3.77. The van der Waals surface area contributed by atoms with Crippen LogP contribution in [0.3, 0.4) is 0 Å². The number of halogens is 1. The van der Waals surface area contributed by atoms with Gasteiger partial charge in [0.2, 0.25) is 5.78 Å². The zero-order chi connectivity index (χ0) is 22.7.